The first-order chi connectivity index (χ1) is 8.59. The highest BCUT2D eigenvalue weighted by molar-refractivity contribution is 5.34. The molecule has 18 heavy (non-hydrogen) atoms. The molecule has 2 rings (SSSR count). The van der Waals surface area contributed by atoms with Crippen molar-refractivity contribution in [3.63, 3.8) is 0 Å². The molecular formula is C16H20N2. The molecular weight excluding hydrogens is 220 g/mol. The van der Waals surface area contributed by atoms with Crippen molar-refractivity contribution in [2.45, 2.75) is 32.7 Å². The second-order valence-electron chi connectivity index (χ2n) is 5.00. The molecule has 1 aromatic heterocycles. The number of hydrogen-bond donors (Lipinski definition) is 1. The number of nitrogens with zero attached hydrogens (tertiary/aromatic N) is 1. The van der Waals surface area contributed by atoms with E-state index in [2.05, 4.69) is 43.1 Å². The molecule has 0 aliphatic heterocycles. The van der Waals surface area contributed by atoms with Crippen LogP contribution in [0.5, 0.6) is 0 Å². The van der Waals surface area contributed by atoms with Crippen molar-refractivity contribution in [2.24, 2.45) is 5.73 Å². The fourth-order valence-electron chi connectivity index (χ4n) is 2.07. The Bertz CT molecular complexity index is 515. The van der Waals surface area contributed by atoms with Crippen LogP contribution in [0.25, 0.3) is 0 Å². The number of rotatable bonds is 3. The summed E-state index contributed by atoms with van der Waals surface area (Å²) in [7, 11) is 0. The van der Waals surface area contributed by atoms with Gasteiger partial charge in [0.25, 0.3) is 0 Å². The number of aryl methyl sites for hydroxylation is 1. The SMILES string of the molecule is Cc1cccnc1C(N)c1ccc(C(C)C)cc1. The summed E-state index contributed by atoms with van der Waals surface area (Å²) in [6.07, 6.45) is 1.80. The highest BCUT2D eigenvalue weighted by atomic mass is 14.8. The van der Waals surface area contributed by atoms with Crippen molar-refractivity contribution >= 4 is 0 Å². The molecule has 0 aliphatic carbocycles. The van der Waals surface area contributed by atoms with Gasteiger partial charge in [-0.25, -0.2) is 0 Å². The van der Waals surface area contributed by atoms with E-state index >= 15 is 0 Å². The predicted molar refractivity (Wildman–Crippen MR) is 75.5 cm³/mol. The quantitative estimate of drug-likeness (QED) is 0.891. The molecule has 0 saturated heterocycles. The van der Waals surface area contributed by atoms with Gasteiger partial charge in [0, 0.05) is 6.20 Å². The van der Waals surface area contributed by atoms with Gasteiger partial charge in [0.15, 0.2) is 0 Å². The Morgan fingerprint density at radius 2 is 1.61 bits per heavy atom. The minimum Gasteiger partial charge on any atom is -0.319 e. The van der Waals surface area contributed by atoms with Gasteiger partial charge in [0.2, 0.25) is 0 Å². The third-order valence-electron chi connectivity index (χ3n) is 3.31. The normalized spacial score (nSPS) is 12.7. The molecule has 2 nitrogen and oxygen atoms in total. The van der Waals surface area contributed by atoms with Crippen molar-refractivity contribution in [3.8, 4) is 0 Å². The molecule has 0 fully saturated rings. The van der Waals surface area contributed by atoms with E-state index in [1.807, 2.05) is 19.1 Å². The summed E-state index contributed by atoms with van der Waals surface area (Å²) in [5, 5.41) is 0. The van der Waals surface area contributed by atoms with Crippen LogP contribution < -0.4 is 5.73 Å². The van der Waals surface area contributed by atoms with Crippen molar-refractivity contribution in [1.82, 2.24) is 4.98 Å². The molecule has 94 valence electrons. The standard InChI is InChI=1S/C16H20N2/c1-11(2)13-6-8-14(9-7-13)15(17)16-12(3)5-4-10-18-16/h4-11,15H,17H2,1-3H3. The van der Waals surface area contributed by atoms with E-state index in [-0.39, 0.29) is 6.04 Å². The van der Waals surface area contributed by atoms with Gasteiger partial charge in [-0.3, -0.25) is 4.98 Å². The smallest absolute Gasteiger partial charge is 0.0729 e. The number of aromatic nitrogens is 1. The Morgan fingerprint density at radius 1 is 1.00 bits per heavy atom. The lowest BCUT2D eigenvalue weighted by Gasteiger charge is -2.15. The van der Waals surface area contributed by atoms with Gasteiger partial charge in [-0.1, -0.05) is 44.2 Å². The summed E-state index contributed by atoms with van der Waals surface area (Å²) in [6.45, 7) is 6.43. The summed E-state index contributed by atoms with van der Waals surface area (Å²) in [6, 6.07) is 12.4. The van der Waals surface area contributed by atoms with Crippen LogP contribution in [0, 0.1) is 6.92 Å². The molecule has 2 N–H and O–H groups in total. The van der Waals surface area contributed by atoms with Gasteiger partial charge in [0.1, 0.15) is 0 Å². The fourth-order valence-corrected chi connectivity index (χ4v) is 2.07. The van der Waals surface area contributed by atoms with Crippen molar-refractivity contribution < 1.29 is 0 Å². The Hall–Kier alpha value is -1.67. The first kappa shape index (κ1) is 12.8. The summed E-state index contributed by atoms with van der Waals surface area (Å²) >= 11 is 0. The summed E-state index contributed by atoms with van der Waals surface area (Å²) in [4.78, 5) is 4.39. The Balaban J connectivity index is 2.29. The molecule has 0 radical (unpaired) electrons. The lowest BCUT2D eigenvalue weighted by molar-refractivity contribution is 0.811. The van der Waals surface area contributed by atoms with E-state index in [1.54, 1.807) is 6.20 Å². The average molecular weight is 240 g/mol. The Kier molecular flexibility index (Phi) is 3.78. The van der Waals surface area contributed by atoms with Crippen molar-refractivity contribution in [2.75, 3.05) is 0 Å². The molecule has 0 amide bonds. The highest BCUT2D eigenvalue weighted by Crippen LogP contribution is 2.22. The number of benzene rings is 1. The van der Waals surface area contributed by atoms with Crippen LogP contribution >= 0.6 is 0 Å². The monoisotopic (exact) mass is 240 g/mol. The second kappa shape index (κ2) is 5.32. The van der Waals surface area contributed by atoms with Crippen LogP contribution in [0.3, 0.4) is 0 Å². The molecule has 2 heteroatoms. The zero-order chi connectivity index (χ0) is 13.1. The van der Waals surface area contributed by atoms with Gasteiger partial charge in [-0.2, -0.15) is 0 Å². The van der Waals surface area contributed by atoms with E-state index in [0.29, 0.717) is 5.92 Å². The number of hydrogen-bond acceptors (Lipinski definition) is 2. The molecule has 1 heterocycles. The molecule has 0 aliphatic rings. The number of nitrogens with two attached hydrogens (primary N) is 1. The zero-order valence-electron chi connectivity index (χ0n) is 11.2. The summed E-state index contributed by atoms with van der Waals surface area (Å²) in [5.41, 5.74) is 10.8. The highest BCUT2D eigenvalue weighted by Gasteiger charge is 2.12. The maximum atomic E-state index is 6.28. The third kappa shape index (κ3) is 2.59. The molecule has 0 saturated carbocycles. The van der Waals surface area contributed by atoms with Crippen molar-refractivity contribution in [3.05, 3.63) is 65.0 Å². The van der Waals surface area contributed by atoms with Crippen LogP contribution in [0.4, 0.5) is 0 Å². The lowest BCUT2D eigenvalue weighted by Crippen LogP contribution is -2.14. The Morgan fingerprint density at radius 3 is 2.17 bits per heavy atom. The summed E-state index contributed by atoms with van der Waals surface area (Å²) < 4.78 is 0. The minimum atomic E-state index is -0.146. The molecule has 0 spiro atoms. The first-order valence-corrected chi connectivity index (χ1v) is 6.36. The van der Waals surface area contributed by atoms with Gasteiger partial charge in [0.05, 0.1) is 11.7 Å². The van der Waals surface area contributed by atoms with Crippen molar-refractivity contribution in [1.29, 1.82) is 0 Å². The molecule has 1 aromatic carbocycles. The topological polar surface area (TPSA) is 38.9 Å². The zero-order valence-corrected chi connectivity index (χ0v) is 11.2. The van der Waals surface area contributed by atoms with Crippen LogP contribution in [-0.4, -0.2) is 4.98 Å². The predicted octanol–water partition coefficient (Wildman–Crippen LogP) is 3.56. The van der Waals surface area contributed by atoms with Gasteiger partial charge >= 0.3 is 0 Å². The van der Waals surface area contributed by atoms with Gasteiger partial charge in [-0.15, -0.1) is 0 Å². The second-order valence-corrected chi connectivity index (χ2v) is 5.00. The molecule has 1 unspecified atom stereocenters. The molecule has 2 aromatic rings. The van der Waals surface area contributed by atoms with E-state index in [1.165, 1.54) is 5.56 Å². The van der Waals surface area contributed by atoms with Gasteiger partial charge < -0.3 is 5.73 Å². The van der Waals surface area contributed by atoms with Crippen LogP contribution in [0.15, 0.2) is 42.6 Å². The largest absolute Gasteiger partial charge is 0.319 e. The minimum absolute atomic E-state index is 0.146. The van der Waals surface area contributed by atoms with E-state index in [4.69, 9.17) is 5.73 Å². The summed E-state index contributed by atoms with van der Waals surface area (Å²) in [5.74, 6) is 0.548. The number of pyridine rings is 1. The van der Waals surface area contributed by atoms with Crippen LogP contribution in [-0.2, 0) is 0 Å². The fraction of sp³-hybridized carbons (Fsp3) is 0.312. The Labute approximate surface area is 109 Å². The first-order valence-electron chi connectivity index (χ1n) is 6.36. The lowest BCUT2D eigenvalue weighted by atomic mass is 9.96. The van der Waals surface area contributed by atoms with E-state index in [9.17, 15) is 0 Å². The third-order valence-corrected chi connectivity index (χ3v) is 3.31. The molecule has 0 bridgehead atoms. The van der Waals surface area contributed by atoms with Gasteiger partial charge in [-0.05, 0) is 35.6 Å². The van der Waals surface area contributed by atoms with E-state index in [0.717, 1.165) is 16.8 Å². The molecule has 1 atom stereocenters. The maximum Gasteiger partial charge on any atom is 0.0729 e. The van der Waals surface area contributed by atoms with Crippen LogP contribution in [0.1, 0.15) is 48.2 Å². The maximum absolute atomic E-state index is 6.28. The average Bonchev–Trinajstić information content (AvgIpc) is 2.38. The van der Waals surface area contributed by atoms with E-state index < -0.39 is 0 Å². The van der Waals surface area contributed by atoms with Crippen LogP contribution in [0.2, 0.25) is 0 Å².